The molecule has 114 valence electrons. The van der Waals surface area contributed by atoms with Gasteiger partial charge in [-0.05, 0) is 53.6 Å². The van der Waals surface area contributed by atoms with Crippen LogP contribution in [0.15, 0.2) is 0 Å². The summed E-state index contributed by atoms with van der Waals surface area (Å²) in [6.45, 7) is 10.7. The number of phosphoric ester groups is 1. The minimum Gasteiger partial charge on any atom is -0.301 e. The van der Waals surface area contributed by atoms with E-state index >= 15 is 0 Å². The van der Waals surface area contributed by atoms with Gasteiger partial charge in [0.1, 0.15) is 0 Å². The average molecular weight is 293 g/mol. The SMILES string of the molecule is CC(C)OP(=O)(OCCN1CCCCC1)OC(C)C. The molecule has 0 spiro atoms. The van der Waals surface area contributed by atoms with Crippen LogP contribution in [-0.2, 0) is 18.1 Å². The van der Waals surface area contributed by atoms with Crippen LogP contribution in [0.3, 0.4) is 0 Å². The van der Waals surface area contributed by atoms with E-state index in [0.717, 1.165) is 19.6 Å². The second-order valence-corrected chi connectivity index (χ2v) is 7.07. The van der Waals surface area contributed by atoms with Crippen LogP contribution in [0, 0.1) is 0 Å². The third-order valence-corrected chi connectivity index (χ3v) is 4.64. The molecule has 0 N–H and O–H groups in total. The van der Waals surface area contributed by atoms with Gasteiger partial charge in [-0.2, -0.15) is 0 Å². The lowest BCUT2D eigenvalue weighted by Gasteiger charge is -2.27. The molecule has 1 saturated heterocycles. The molecule has 19 heavy (non-hydrogen) atoms. The monoisotopic (exact) mass is 293 g/mol. The summed E-state index contributed by atoms with van der Waals surface area (Å²) in [5.74, 6) is 0. The Hall–Kier alpha value is 0.0700. The van der Waals surface area contributed by atoms with E-state index in [-0.39, 0.29) is 12.2 Å². The molecule has 1 aliphatic rings. The predicted molar refractivity (Wildman–Crippen MR) is 76.3 cm³/mol. The van der Waals surface area contributed by atoms with Gasteiger partial charge in [0.05, 0.1) is 18.8 Å². The molecule has 1 rings (SSSR count). The highest BCUT2D eigenvalue weighted by Gasteiger charge is 2.29. The van der Waals surface area contributed by atoms with Gasteiger partial charge < -0.3 is 4.90 Å². The third-order valence-electron chi connectivity index (χ3n) is 2.79. The van der Waals surface area contributed by atoms with E-state index < -0.39 is 7.82 Å². The molecule has 0 saturated carbocycles. The fourth-order valence-electron chi connectivity index (χ4n) is 2.07. The summed E-state index contributed by atoms with van der Waals surface area (Å²) in [4.78, 5) is 2.33. The zero-order chi connectivity index (χ0) is 14.3. The Bertz CT molecular complexity index is 276. The van der Waals surface area contributed by atoms with Crippen LogP contribution in [0.2, 0.25) is 0 Å². The Labute approximate surface area is 117 Å². The fourth-order valence-corrected chi connectivity index (χ4v) is 3.58. The van der Waals surface area contributed by atoms with Crippen LogP contribution in [0.1, 0.15) is 47.0 Å². The van der Waals surface area contributed by atoms with Crippen molar-refractivity contribution in [2.75, 3.05) is 26.2 Å². The van der Waals surface area contributed by atoms with Gasteiger partial charge in [-0.1, -0.05) is 6.42 Å². The van der Waals surface area contributed by atoms with Crippen LogP contribution < -0.4 is 0 Å². The Morgan fingerprint density at radius 2 is 1.53 bits per heavy atom. The molecule has 5 nitrogen and oxygen atoms in total. The molecule has 0 amide bonds. The van der Waals surface area contributed by atoms with Crippen molar-refractivity contribution in [1.29, 1.82) is 0 Å². The Kier molecular flexibility index (Phi) is 7.55. The van der Waals surface area contributed by atoms with Gasteiger partial charge in [0.25, 0.3) is 0 Å². The second kappa shape index (κ2) is 8.38. The normalized spacial score (nSPS) is 18.4. The van der Waals surface area contributed by atoms with Crippen LogP contribution in [0.4, 0.5) is 0 Å². The summed E-state index contributed by atoms with van der Waals surface area (Å²) in [5.41, 5.74) is 0. The van der Waals surface area contributed by atoms with E-state index in [1.54, 1.807) is 0 Å². The van der Waals surface area contributed by atoms with E-state index in [1.807, 2.05) is 27.7 Å². The quantitative estimate of drug-likeness (QED) is 0.641. The molecule has 0 aromatic rings. The van der Waals surface area contributed by atoms with Crippen LogP contribution in [-0.4, -0.2) is 43.3 Å². The van der Waals surface area contributed by atoms with Gasteiger partial charge in [-0.25, -0.2) is 4.57 Å². The summed E-state index contributed by atoms with van der Waals surface area (Å²) >= 11 is 0. The van der Waals surface area contributed by atoms with Crippen molar-refractivity contribution in [3.05, 3.63) is 0 Å². The molecule has 0 aromatic carbocycles. The zero-order valence-corrected chi connectivity index (χ0v) is 13.5. The first-order valence-electron chi connectivity index (χ1n) is 7.25. The van der Waals surface area contributed by atoms with E-state index in [9.17, 15) is 4.57 Å². The fraction of sp³-hybridized carbons (Fsp3) is 1.00. The summed E-state index contributed by atoms with van der Waals surface area (Å²) in [7, 11) is -3.43. The first kappa shape index (κ1) is 17.1. The van der Waals surface area contributed by atoms with E-state index in [1.165, 1.54) is 19.3 Å². The molecule has 0 radical (unpaired) electrons. The molecular formula is C13H28NO4P. The molecule has 6 heteroatoms. The first-order chi connectivity index (χ1) is 8.91. The molecule has 0 unspecified atom stereocenters. The molecular weight excluding hydrogens is 265 g/mol. The summed E-state index contributed by atoms with van der Waals surface area (Å²) in [6.07, 6.45) is 3.42. The largest absolute Gasteiger partial charge is 0.475 e. The molecule has 0 aromatic heterocycles. The van der Waals surface area contributed by atoms with E-state index in [4.69, 9.17) is 13.6 Å². The molecule has 1 aliphatic heterocycles. The Morgan fingerprint density at radius 1 is 1.00 bits per heavy atom. The molecule has 0 aliphatic carbocycles. The van der Waals surface area contributed by atoms with Gasteiger partial charge in [-0.3, -0.25) is 13.6 Å². The highest BCUT2D eigenvalue weighted by atomic mass is 31.2. The number of nitrogens with zero attached hydrogens (tertiary/aromatic N) is 1. The van der Waals surface area contributed by atoms with Crippen LogP contribution in [0.5, 0.6) is 0 Å². The number of rotatable bonds is 8. The Morgan fingerprint density at radius 3 is 2.00 bits per heavy atom. The van der Waals surface area contributed by atoms with Crippen molar-refractivity contribution in [2.24, 2.45) is 0 Å². The van der Waals surface area contributed by atoms with Crippen molar-refractivity contribution in [3.63, 3.8) is 0 Å². The molecule has 1 heterocycles. The lowest BCUT2D eigenvalue weighted by Crippen LogP contribution is -2.32. The topological polar surface area (TPSA) is 48.0 Å². The highest BCUT2D eigenvalue weighted by Crippen LogP contribution is 2.51. The molecule has 1 fully saturated rings. The minimum absolute atomic E-state index is 0.181. The van der Waals surface area contributed by atoms with Crippen LogP contribution >= 0.6 is 7.82 Å². The predicted octanol–water partition coefficient (Wildman–Crippen LogP) is 3.45. The molecule has 0 bridgehead atoms. The van der Waals surface area contributed by atoms with Gasteiger partial charge in [-0.15, -0.1) is 0 Å². The van der Waals surface area contributed by atoms with Gasteiger partial charge >= 0.3 is 7.82 Å². The maximum absolute atomic E-state index is 12.4. The lowest BCUT2D eigenvalue weighted by atomic mass is 10.1. The lowest BCUT2D eigenvalue weighted by molar-refractivity contribution is 0.0643. The molecule has 0 atom stereocenters. The van der Waals surface area contributed by atoms with Crippen molar-refractivity contribution in [2.45, 2.75) is 59.2 Å². The third kappa shape index (κ3) is 7.42. The van der Waals surface area contributed by atoms with Crippen LogP contribution in [0.25, 0.3) is 0 Å². The van der Waals surface area contributed by atoms with Crippen molar-refractivity contribution >= 4 is 7.82 Å². The number of piperidine rings is 1. The maximum atomic E-state index is 12.4. The number of likely N-dealkylation sites (tertiary alicyclic amines) is 1. The highest BCUT2D eigenvalue weighted by molar-refractivity contribution is 7.48. The summed E-state index contributed by atoms with van der Waals surface area (Å²) < 4.78 is 28.5. The minimum atomic E-state index is -3.43. The number of hydrogen-bond acceptors (Lipinski definition) is 5. The van der Waals surface area contributed by atoms with Gasteiger partial charge in [0, 0.05) is 6.54 Å². The average Bonchev–Trinajstić information content (AvgIpc) is 2.27. The van der Waals surface area contributed by atoms with Gasteiger partial charge in [0.2, 0.25) is 0 Å². The standard InChI is InChI=1S/C13H28NO4P/c1-12(2)17-19(15,18-13(3)4)16-11-10-14-8-6-5-7-9-14/h12-13H,5-11H2,1-4H3. The summed E-state index contributed by atoms with van der Waals surface area (Å²) in [5, 5.41) is 0. The second-order valence-electron chi connectivity index (χ2n) is 5.49. The first-order valence-corrected chi connectivity index (χ1v) is 8.71. The summed E-state index contributed by atoms with van der Waals surface area (Å²) in [6, 6.07) is 0. The number of phosphoric acid groups is 1. The number of hydrogen-bond donors (Lipinski definition) is 0. The van der Waals surface area contributed by atoms with E-state index in [2.05, 4.69) is 4.90 Å². The van der Waals surface area contributed by atoms with Crippen molar-refractivity contribution in [1.82, 2.24) is 4.90 Å². The smallest absolute Gasteiger partial charge is 0.301 e. The Balaban J connectivity index is 2.36. The van der Waals surface area contributed by atoms with E-state index in [0.29, 0.717) is 6.61 Å². The van der Waals surface area contributed by atoms with Crippen molar-refractivity contribution in [3.8, 4) is 0 Å². The zero-order valence-electron chi connectivity index (χ0n) is 12.6. The van der Waals surface area contributed by atoms with Crippen molar-refractivity contribution < 1.29 is 18.1 Å². The maximum Gasteiger partial charge on any atom is 0.475 e. The van der Waals surface area contributed by atoms with Gasteiger partial charge in [0.15, 0.2) is 0 Å².